The van der Waals surface area contributed by atoms with Gasteiger partial charge in [-0.15, -0.1) is 26.3 Å². The fraction of sp³-hybridized carbons (Fsp3) is 0.154. The molecule has 2 heterocycles. The molecule has 0 aliphatic rings. The van der Waals surface area contributed by atoms with Gasteiger partial charge in [-0.25, -0.2) is 0 Å². The summed E-state index contributed by atoms with van der Waals surface area (Å²) < 4.78 is 82.0. The highest BCUT2D eigenvalue weighted by molar-refractivity contribution is 5.58. The number of hydrogen-bond donors (Lipinski definition) is 0. The summed E-state index contributed by atoms with van der Waals surface area (Å²) in [5.41, 5.74) is 0.0767. The summed E-state index contributed by atoms with van der Waals surface area (Å²) in [5.74, 6) is -0.743. The van der Waals surface area contributed by atoms with Crippen LogP contribution in [-0.4, -0.2) is 26.3 Å². The monoisotopic (exact) mass is 364 g/mol. The molecule has 25 heavy (non-hydrogen) atoms. The smallest absolute Gasteiger partial charge is 0.406 e. The minimum atomic E-state index is -4.82. The summed E-state index contributed by atoms with van der Waals surface area (Å²) in [5, 5.41) is 6.82. The predicted octanol–water partition coefficient (Wildman–Crippen LogP) is 3.98. The molecule has 132 valence electrons. The van der Waals surface area contributed by atoms with E-state index in [1.807, 2.05) is 0 Å². The number of nitrogens with zero attached hydrogens (tertiary/aromatic N) is 4. The predicted molar refractivity (Wildman–Crippen MR) is 68.9 cm³/mol. The van der Waals surface area contributed by atoms with Gasteiger partial charge in [0, 0.05) is 11.8 Å². The van der Waals surface area contributed by atoms with Crippen LogP contribution in [0, 0.1) is 0 Å². The average Bonchev–Trinajstić information content (AvgIpc) is 3.15. The lowest BCUT2D eigenvalue weighted by Gasteiger charge is -2.08. The van der Waals surface area contributed by atoms with E-state index in [0.29, 0.717) is 6.20 Å². The van der Waals surface area contributed by atoms with Crippen LogP contribution in [0.1, 0.15) is 0 Å². The van der Waals surface area contributed by atoms with E-state index in [1.54, 1.807) is 0 Å². The molecule has 0 N–H and O–H groups in total. The maximum Gasteiger partial charge on any atom is 0.573 e. The van der Waals surface area contributed by atoms with Crippen LogP contribution in [0.15, 0.2) is 41.1 Å². The Balaban J connectivity index is 1.80. The molecule has 0 spiro atoms. The van der Waals surface area contributed by atoms with E-state index in [0.717, 1.165) is 18.2 Å². The Morgan fingerprint density at radius 3 is 2.20 bits per heavy atom. The Hall–Kier alpha value is -3.05. The highest BCUT2D eigenvalue weighted by Crippen LogP contribution is 2.27. The van der Waals surface area contributed by atoms with Crippen molar-refractivity contribution in [2.45, 2.75) is 12.7 Å². The van der Waals surface area contributed by atoms with Crippen LogP contribution in [0.25, 0.3) is 23.0 Å². The Morgan fingerprint density at radius 1 is 0.960 bits per heavy atom. The fourth-order valence-corrected chi connectivity index (χ4v) is 1.83. The van der Waals surface area contributed by atoms with Gasteiger partial charge in [-0.2, -0.15) is 14.8 Å². The van der Waals surface area contributed by atoms with Gasteiger partial charge in [0.1, 0.15) is 5.75 Å². The lowest BCUT2D eigenvalue weighted by atomic mass is 10.2. The molecule has 2 aromatic heterocycles. The number of ether oxygens (including phenoxy) is 1. The van der Waals surface area contributed by atoms with E-state index >= 15 is 0 Å². The molecule has 3 rings (SSSR count). The topological polar surface area (TPSA) is 66.0 Å². The van der Waals surface area contributed by atoms with Gasteiger partial charge in [-0.3, -0.25) is 0 Å². The zero-order chi connectivity index (χ0) is 18.2. The van der Waals surface area contributed by atoms with Crippen LogP contribution in [0.4, 0.5) is 26.3 Å². The Kier molecular flexibility index (Phi) is 3.89. The van der Waals surface area contributed by atoms with E-state index in [-0.39, 0.29) is 27.7 Å². The van der Waals surface area contributed by atoms with E-state index in [2.05, 4.69) is 20.0 Å². The Bertz CT molecular complexity index is 866. The van der Waals surface area contributed by atoms with Gasteiger partial charge >= 0.3 is 12.7 Å². The normalized spacial score (nSPS) is 12.4. The first-order valence-electron chi connectivity index (χ1n) is 6.45. The van der Waals surface area contributed by atoms with Gasteiger partial charge < -0.3 is 9.26 Å². The minimum Gasteiger partial charge on any atom is -0.406 e. The molecule has 12 heteroatoms. The van der Waals surface area contributed by atoms with Gasteiger partial charge in [-0.1, -0.05) is 5.16 Å². The fourth-order valence-electron chi connectivity index (χ4n) is 1.83. The van der Waals surface area contributed by atoms with Crippen molar-refractivity contribution in [1.82, 2.24) is 19.9 Å². The molecule has 0 amide bonds. The summed E-state index contributed by atoms with van der Waals surface area (Å²) in [6.45, 7) is 0. The van der Waals surface area contributed by atoms with Gasteiger partial charge in [0.15, 0.2) is 5.69 Å². The van der Waals surface area contributed by atoms with Gasteiger partial charge in [0.25, 0.3) is 5.89 Å². The van der Waals surface area contributed by atoms with Crippen LogP contribution >= 0.6 is 0 Å². The third-order valence-corrected chi connectivity index (χ3v) is 2.84. The molecule has 0 unspecified atom stereocenters. The summed E-state index contributed by atoms with van der Waals surface area (Å²) >= 11 is 0. The van der Waals surface area contributed by atoms with Crippen LogP contribution in [0.3, 0.4) is 0 Å². The molecule has 0 bridgehead atoms. The third-order valence-electron chi connectivity index (χ3n) is 2.84. The molecule has 0 atom stereocenters. The van der Waals surface area contributed by atoms with E-state index in [9.17, 15) is 26.3 Å². The van der Waals surface area contributed by atoms with Crippen molar-refractivity contribution in [2.24, 2.45) is 0 Å². The second-order valence-electron chi connectivity index (χ2n) is 4.61. The Morgan fingerprint density at radius 2 is 1.64 bits per heavy atom. The maximum atomic E-state index is 12.5. The SMILES string of the molecule is FC(F)(F)Oc1ccc(-c2noc(-c3ccn(C(F)(F)F)n3)n2)cc1. The van der Waals surface area contributed by atoms with Crippen molar-refractivity contribution in [3.63, 3.8) is 0 Å². The van der Waals surface area contributed by atoms with Crippen LogP contribution in [0.5, 0.6) is 5.75 Å². The number of benzene rings is 1. The lowest BCUT2D eigenvalue weighted by molar-refractivity contribution is -0.274. The number of hydrogen-bond acceptors (Lipinski definition) is 5. The summed E-state index contributed by atoms with van der Waals surface area (Å²) in [4.78, 5) is 3.87. The average molecular weight is 364 g/mol. The van der Waals surface area contributed by atoms with Crippen molar-refractivity contribution in [3.05, 3.63) is 36.5 Å². The maximum absolute atomic E-state index is 12.5. The first-order chi connectivity index (χ1) is 11.6. The molecular weight excluding hydrogens is 358 g/mol. The van der Waals surface area contributed by atoms with E-state index < -0.39 is 18.4 Å². The molecule has 0 aliphatic heterocycles. The molecule has 3 aromatic rings. The summed E-state index contributed by atoms with van der Waals surface area (Å²) in [6.07, 6.45) is -8.82. The highest BCUT2D eigenvalue weighted by Gasteiger charge is 2.32. The molecule has 0 saturated heterocycles. The van der Waals surface area contributed by atoms with Crippen molar-refractivity contribution in [1.29, 1.82) is 0 Å². The van der Waals surface area contributed by atoms with Crippen LogP contribution in [-0.2, 0) is 6.30 Å². The third kappa shape index (κ3) is 3.89. The van der Waals surface area contributed by atoms with Crippen molar-refractivity contribution in [3.8, 4) is 28.7 Å². The van der Waals surface area contributed by atoms with Crippen LogP contribution < -0.4 is 4.74 Å². The molecule has 0 fully saturated rings. The number of rotatable bonds is 3. The molecule has 0 aliphatic carbocycles. The minimum absolute atomic E-state index is 0.0323. The number of alkyl halides is 6. The quantitative estimate of drug-likeness (QED) is 0.658. The molecule has 6 nitrogen and oxygen atoms in total. The lowest BCUT2D eigenvalue weighted by Crippen LogP contribution is -2.16. The van der Waals surface area contributed by atoms with E-state index in [4.69, 9.17) is 4.52 Å². The number of aromatic nitrogens is 4. The highest BCUT2D eigenvalue weighted by atomic mass is 19.4. The largest absolute Gasteiger partial charge is 0.573 e. The first kappa shape index (κ1) is 16.8. The summed E-state index contributed by atoms with van der Waals surface area (Å²) in [7, 11) is 0. The van der Waals surface area contributed by atoms with Crippen molar-refractivity contribution >= 4 is 0 Å². The van der Waals surface area contributed by atoms with Gasteiger partial charge in [0.2, 0.25) is 5.82 Å². The van der Waals surface area contributed by atoms with Gasteiger partial charge in [-0.05, 0) is 30.3 Å². The number of halogens is 6. The van der Waals surface area contributed by atoms with Crippen molar-refractivity contribution in [2.75, 3.05) is 0 Å². The zero-order valence-corrected chi connectivity index (χ0v) is 11.8. The zero-order valence-electron chi connectivity index (χ0n) is 11.8. The standard InChI is InChI=1S/C13H6F6N4O2/c14-12(15,16)23-6-5-9(21-23)11-20-10(22-25-11)7-1-3-8(4-2-7)24-13(17,18)19/h1-6H. The Labute approximate surface area is 134 Å². The molecular formula is C13H6F6N4O2. The molecule has 1 aromatic carbocycles. The molecule has 0 saturated carbocycles. The molecule has 0 radical (unpaired) electrons. The van der Waals surface area contributed by atoms with E-state index in [1.165, 1.54) is 12.1 Å². The first-order valence-corrected chi connectivity index (χ1v) is 6.45. The van der Waals surface area contributed by atoms with Gasteiger partial charge in [0.05, 0.1) is 0 Å². The summed E-state index contributed by atoms with van der Waals surface area (Å²) in [6, 6.07) is 5.59. The second kappa shape index (κ2) is 5.79. The van der Waals surface area contributed by atoms with Crippen molar-refractivity contribution < 1.29 is 35.6 Å². The second-order valence-corrected chi connectivity index (χ2v) is 4.61. The van der Waals surface area contributed by atoms with Crippen LogP contribution in [0.2, 0.25) is 0 Å².